The van der Waals surface area contributed by atoms with Crippen LogP contribution in [0.1, 0.15) is 5.56 Å². The second kappa shape index (κ2) is 7.40. The van der Waals surface area contributed by atoms with Gasteiger partial charge in [-0.05, 0) is 42.5 Å². The minimum absolute atomic E-state index is 0.0930. The Morgan fingerprint density at radius 2 is 1.66 bits per heavy atom. The highest BCUT2D eigenvalue weighted by atomic mass is 32.2. The maximum atomic E-state index is 12.8. The summed E-state index contributed by atoms with van der Waals surface area (Å²) in [5.41, 5.74) is 1.34. The zero-order valence-corrected chi connectivity index (χ0v) is 16.1. The molecule has 146 valence electrons. The molecule has 0 saturated carbocycles. The van der Waals surface area contributed by atoms with Crippen LogP contribution in [0.4, 0.5) is 13.2 Å². The Balaban J connectivity index is 1.73. The third-order valence-electron chi connectivity index (χ3n) is 4.50. The van der Waals surface area contributed by atoms with Gasteiger partial charge < -0.3 is 4.57 Å². The van der Waals surface area contributed by atoms with Crippen LogP contribution < -0.4 is 5.43 Å². The van der Waals surface area contributed by atoms with Gasteiger partial charge in [-0.2, -0.15) is 13.2 Å². The number of alkyl halides is 3. The van der Waals surface area contributed by atoms with Gasteiger partial charge >= 0.3 is 6.18 Å². The lowest BCUT2D eigenvalue weighted by Gasteiger charge is -2.11. The number of halogens is 3. The number of fused-ring (bicyclic) bond motifs is 1. The van der Waals surface area contributed by atoms with Crippen molar-refractivity contribution >= 4 is 22.8 Å². The number of aromatic nitrogens is 2. The molecule has 0 saturated heterocycles. The lowest BCUT2D eigenvalue weighted by molar-refractivity contribution is -0.137. The molecule has 2 aromatic carbocycles. The molecule has 4 aromatic rings. The fourth-order valence-corrected chi connectivity index (χ4v) is 3.96. The molecule has 0 atom stereocenters. The number of nitrogens with zero attached hydrogens (tertiary/aromatic N) is 2. The molecule has 0 N–H and O–H groups in total. The summed E-state index contributed by atoms with van der Waals surface area (Å²) in [5, 5.41) is 0.534. The van der Waals surface area contributed by atoms with Crippen molar-refractivity contribution < 1.29 is 13.2 Å². The second-order valence-corrected chi connectivity index (χ2v) is 7.59. The van der Waals surface area contributed by atoms with Gasteiger partial charge in [0.15, 0.2) is 5.43 Å². The van der Waals surface area contributed by atoms with E-state index < -0.39 is 11.7 Å². The number of hydrogen-bond acceptors (Lipinski definition) is 3. The SMILES string of the molecule is Cn1ccc(=O)c2ccc(-c3ccccc3Sc3ccc(C(F)(F)F)cc3)nc21. The molecule has 0 aliphatic rings. The van der Waals surface area contributed by atoms with Gasteiger partial charge in [0, 0.05) is 34.7 Å². The van der Waals surface area contributed by atoms with E-state index in [2.05, 4.69) is 4.98 Å². The quantitative estimate of drug-likeness (QED) is 0.428. The maximum absolute atomic E-state index is 12.8. The molecule has 2 heterocycles. The Kier molecular flexibility index (Phi) is 4.92. The summed E-state index contributed by atoms with van der Waals surface area (Å²) in [6.45, 7) is 0. The number of benzene rings is 2. The Bertz CT molecular complexity index is 1250. The first-order valence-corrected chi connectivity index (χ1v) is 9.55. The highest BCUT2D eigenvalue weighted by Crippen LogP contribution is 2.37. The molecule has 0 bridgehead atoms. The van der Waals surface area contributed by atoms with Crippen molar-refractivity contribution in [3.63, 3.8) is 0 Å². The normalized spacial score (nSPS) is 11.7. The van der Waals surface area contributed by atoms with Crippen molar-refractivity contribution in [1.82, 2.24) is 9.55 Å². The van der Waals surface area contributed by atoms with Crippen molar-refractivity contribution in [1.29, 1.82) is 0 Å². The summed E-state index contributed by atoms with van der Waals surface area (Å²) >= 11 is 1.37. The molecule has 2 aromatic heterocycles. The lowest BCUT2D eigenvalue weighted by atomic mass is 10.1. The van der Waals surface area contributed by atoms with Crippen LogP contribution in [0.25, 0.3) is 22.3 Å². The third-order valence-corrected chi connectivity index (χ3v) is 5.58. The number of hydrogen-bond donors (Lipinski definition) is 0. The summed E-state index contributed by atoms with van der Waals surface area (Å²) in [4.78, 5) is 18.3. The Labute approximate surface area is 168 Å². The summed E-state index contributed by atoms with van der Waals surface area (Å²) in [5.74, 6) is 0. The molecule has 0 amide bonds. The van der Waals surface area contributed by atoms with Crippen LogP contribution in [-0.4, -0.2) is 9.55 Å². The summed E-state index contributed by atoms with van der Waals surface area (Å²) < 4.78 is 40.1. The van der Waals surface area contributed by atoms with Gasteiger partial charge in [-0.1, -0.05) is 30.0 Å². The average molecular weight is 412 g/mol. The minimum Gasteiger partial charge on any atom is -0.335 e. The first-order valence-electron chi connectivity index (χ1n) is 8.74. The molecular formula is C22H15F3N2OS. The van der Waals surface area contributed by atoms with Gasteiger partial charge in [0.25, 0.3) is 0 Å². The lowest BCUT2D eigenvalue weighted by Crippen LogP contribution is -2.07. The second-order valence-electron chi connectivity index (χ2n) is 6.48. The monoisotopic (exact) mass is 412 g/mol. The van der Waals surface area contributed by atoms with Crippen molar-refractivity contribution in [3.8, 4) is 11.3 Å². The van der Waals surface area contributed by atoms with Crippen molar-refractivity contribution in [2.75, 3.05) is 0 Å². The van der Waals surface area contributed by atoms with Gasteiger partial charge in [-0.15, -0.1) is 0 Å². The standard InChI is InChI=1S/C22H15F3N2OS/c1-27-13-12-19(28)17-10-11-18(26-21(17)27)16-4-2-3-5-20(16)29-15-8-6-14(7-9-15)22(23,24)25/h2-13H,1H3. The molecule has 0 unspecified atom stereocenters. The molecule has 0 radical (unpaired) electrons. The van der Waals surface area contributed by atoms with E-state index in [0.29, 0.717) is 21.6 Å². The predicted octanol–water partition coefficient (Wildman–Crippen LogP) is 5.77. The third kappa shape index (κ3) is 3.91. The van der Waals surface area contributed by atoms with E-state index in [1.165, 1.54) is 30.0 Å². The van der Waals surface area contributed by atoms with Crippen LogP contribution >= 0.6 is 11.8 Å². The van der Waals surface area contributed by atoms with E-state index >= 15 is 0 Å². The largest absolute Gasteiger partial charge is 0.416 e. The van der Waals surface area contributed by atoms with Crippen LogP contribution in [0.15, 0.2) is 87.5 Å². The van der Waals surface area contributed by atoms with Gasteiger partial charge in [-0.3, -0.25) is 4.79 Å². The van der Waals surface area contributed by atoms with E-state index in [0.717, 1.165) is 22.6 Å². The summed E-state index contributed by atoms with van der Waals surface area (Å²) in [7, 11) is 1.82. The molecule has 0 aliphatic heterocycles. The van der Waals surface area contributed by atoms with Gasteiger partial charge in [0.05, 0.1) is 16.6 Å². The Morgan fingerprint density at radius 1 is 0.931 bits per heavy atom. The van der Waals surface area contributed by atoms with Crippen LogP contribution in [0.2, 0.25) is 0 Å². The Hall–Kier alpha value is -3.06. The van der Waals surface area contributed by atoms with Gasteiger partial charge in [0.2, 0.25) is 0 Å². The maximum Gasteiger partial charge on any atom is 0.416 e. The topological polar surface area (TPSA) is 34.9 Å². The zero-order chi connectivity index (χ0) is 20.6. The van der Waals surface area contributed by atoms with E-state index in [4.69, 9.17) is 0 Å². The number of rotatable bonds is 3. The fourth-order valence-electron chi connectivity index (χ4n) is 3.01. The number of aryl methyl sites for hydroxylation is 1. The molecule has 0 aliphatic carbocycles. The van der Waals surface area contributed by atoms with E-state index in [1.54, 1.807) is 22.9 Å². The van der Waals surface area contributed by atoms with E-state index in [9.17, 15) is 18.0 Å². The Morgan fingerprint density at radius 3 is 2.38 bits per heavy atom. The smallest absolute Gasteiger partial charge is 0.335 e. The molecule has 0 fully saturated rings. The van der Waals surface area contributed by atoms with Gasteiger partial charge in [0.1, 0.15) is 5.65 Å². The molecule has 0 spiro atoms. The highest BCUT2D eigenvalue weighted by molar-refractivity contribution is 7.99. The zero-order valence-electron chi connectivity index (χ0n) is 15.3. The summed E-state index contributed by atoms with van der Waals surface area (Å²) in [6.07, 6.45) is -2.68. The minimum atomic E-state index is -4.36. The van der Waals surface area contributed by atoms with E-state index in [1.807, 2.05) is 31.3 Å². The van der Waals surface area contributed by atoms with Crippen molar-refractivity contribution in [2.45, 2.75) is 16.0 Å². The van der Waals surface area contributed by atoms with Crippen molar-refractivity contribution in [2.24, 2.45) is 7.05 Å². The fraction of sp³-hybridized carbons (Fsp3) is 0.0909. The average Bonchev–Trinajstić information content (AvgIpc) is 2.71. The first-order chi connectivity index (χ1) is 13.8. The summed E-state index contributed by atoms with van der Waals surface area (Å²) in [6, 6.07) is 17.7. The molecular weight excluding hydrogens is 397 g/mol. The van der Waals surface area contributed by atoms with Crippen molar-refractivity contribution in [3.05, 3.63) is 88.7 Å². The first kappa shape index (κ1) is 19.3. The molecule has 7 heteroatoms. The molecule has 4 rings (SSSR count). The van der Waals surface area contributed by atoms with Crippen LogP contribution in [0.5, 0.6) is 0 Å². The molecule has 3 nitrogen and oxygen atoms in total. The van der Waals surface area contributed by atoms with Gasteiger partial charge in [-0.25, -0.2) is 4.98 Å². The highest BCUT2D eigenvalue weighted by Gasteiger charge is 2.30. The van der Waals surface area contributed by atoms with Crippen LogP contribution in [0, 0.1) is 0 Å². The van der Waals surface area contributed by atoms with Crippen LogP contribution in [-0.2, 0) is 13.2 Å². The number of pyridine rings is 2. The van der Waals surface area contributed by atoms with Crippen LogP contribution in [0.3, 0.4) is 0 Å². The molecule has 29 heavy (non-hydrogen) atoms. The van der Waals surface area contributed by atoms with E-state index in [-0.39, 0.29) is 5.43 Å². The predicted molar refractivity (Wildman–Crippen MR) is 108 cm³/mol.